The lowest BCUT2D eigenvalue weighted by atomic mass is 10.0. The Kier molecular flexibility index (Phi) is 5.31. The number of rotatable bonds is 3. The predicted molar refractivity (Wildman–Crippen MR) is 91.2 cm³/mol. The SMILES string of the molecule is CN(C)CC(=O)N1CCOCC2(C1)CN(c1cccnc1)C(=O)CO2. The van der Waals surface area contributed by atoms with Crippen molar-refractivity contribution >= 4 is 17.5 Å². The summed E-state index contributed by atoms with van der Waals surface area (Å²) in [7, 11) is 3.73. The molecule has 2 aliphatic rings. The van der Waals surface area contributed by atoms with Gasteiger partial charge in [0.25, 0.3) is 5.91 Å². The highest BCUT2D eigenvalue weighted by Gasteiger charge is 2.44. The van der Waals surface area contributed by atoms with Crippen LogP contribution in [0.4, 0.5) is 5.69 Å². The Bertz CT molecular complexity index is 624. The molecule has 8 heteroatoms. The van der Waals surface area contributed by atoms with E-state index in [1.807, 2.05) is 25.1 Å². The lowest BCUT2D eigenvalue weighted by Gasteiger charge is -2.42. The Hall–Kier alpha value is -2.03. The molecule has 0 bridgehead atoms. The van der Waals surface area contributed by atoms with E-state index in [1.54, 1.807) is 28.3 Å². The summed E-state index contributed by atoms with van der Waals surface area (Å²) in [6.07, 6.45) is 3.32. The van der Waals surface area contributed by atoms with Crippen molar-refractivity contribution in [2.45, 2.75) is 5.60 Å². The Labute approximate surface area is 147 Å². The molecule has 25 heavy (non-hydrogen) atoms. The van der Waals surface area contributed by atoms with E-state index in [2.05, 4.69) is 4.98 Å². The van der Waals surface area contributed by atoms with Gasteiger partial charge < -0.3 is 24.2 Å². The normalized spacial score (nSPS) is 24.7. The number of amides is 2. The molecule has 1 spiro atoms. The summed E-state index contributed by atoms with van der Waals surface area (Å²) < 4.78 is 11.6. The van der Waals surface area contributed by atoms with Gasteiger partial charge in [-0.25, -0.2) is 0 Å². The fraction of sp³-hybridized carbons (Fsp3) is 0.588. The molecule has 0 radical (unpaired) electrons. The van der Waals surface area contributed by atoms with Gasteiger partial charge in [0.05, 0.1) is 44.7 Å². The van der Waals surface area contributed by atoms with Crippen molar-refractivity contribution < 1.29 is 19.1 Å². The van der Waals surface area contributed by atoms with E-state index in [-0.39, 0.29) is 18.4 Å². The molecular weight excluding hydrogens is 324 g/mol. The molecule has 0 saturated carbocycles. The zero-order valence-electron chi connectivity index (χ0n) is 14.7. The second kappa shape index (κ2) is 7.47. The quantitative estimate of drug-likeness (QED) is 0.740. The molecule has 136 valence electrons. The molecule has 2 fully saturated rings. The highest BCUT2D eigenvalue weighted by atomic mass is 16.6. The van der Waals surface area contributed by atoms with Crippen molar-refractivity contribution in [3.63, 3.8) is 0 Å². The molecule has 2 aliphatic heterocycles. The van der Waals surface area contributed by atoms with Gasteiger partial charge in [0.2, 0.25) is 5.91 Å². The predicted octanol–water partition coefficient (Wildman–Crippen LogP) is -0.396. The minimum Gasteiger partial charge on any atom is -0.376 e. The molecule has 0 N–H and O–H groups in total. The number of anilines is 1. The average Bonchev–Trinajstić information content (AvgIpc) is 2.80. The molecule has 0 aliphatic carbocycles. The molecule has 8 nitrogen and oxygen atoms in total. The zero-order chi connectivity index (χ0) is 17.9. The zero-order valence-corrected chi connectivity index (χ0v) is 14.7. The summed E-state index contributed by atoms with van der Waals surface area (Å²) in [5, 5.41) is 0. The van der Waals surface area contributed by atoms with Crippen LogP contribution in [0.1, 0.15) is 0 Å². The van der Waals surface area contributed by atoms with Crippen molar-refractivity contribution in [2.75, 3.05) is 65.0 Å². The third-order valence-corrected chi connectivity index (χ3v) is 4.36. The smallest absolute Gasteiger partial charge is 0.253 e. The number of morpholine rings is 1. The number of carbonyl (C=O) groups is 2. The van der Waals surface area contributed by atoms with E-state index in [1.165, 1.54) is 0 Å². The first-order valence-electron chi connectivity index (χ1n) is 8.34. The fourth-order valence-electron chi connectivity index (χ4n) is 3.14. The second-order valence-corrected chi connectivity index (χ2v) is 6.77. The van der Waals surface area contributed by atoms with Crippen LogP contribution in [0, 0.1) is 0 Å². The van der Waals surface area contributed by atoms with Crippen molar-refractivity contribution in [3.8, 4) is 0 Å². The topological polar surface area (TPSA) is 75.2 Å². The molecule has 1 atom stereocenters. The Morgan fingerprint density at radius 2 is 2.24 bits per heavy atom. The molecule has 3 heterocycles. The first kappa shape index (κ1) is 17.8. The van der Waals surface area contributed by atoms with Crippen molar-refractivity contribution in [1.29, 1.82) is 0 Å². The van der Waals surface area contributed by atoms with Gasteiger partial charge >= 0.3 is 0 Å². The summed E-state index contributed by atoms with van der Waals surface area (Å²) in [5.41, 5.74) is 0.00738. The number of ether oxygens (including phenoxy) is 2. The van der Waals surface area contributed by atoms with Gasteiger partial charge in [-0.15, -0.1) is 0 Å². The molecule has 1 aromatic heterocycles. The highest BCUT2D eigenvalue weighted by Crippen LogP contribution is 2.26. The van der Waals surface area contributed by atoms with Gasteiger partial charge in [0, 0.05) is 12.7 Å². The molecule has 2 saturated heterocycles. The largest absolute Gasteiger partial charge is 0.376 e. The lowest BCUT2D eigenvalue weighted by Crippen LogP contribution is -2.61. The van der Waals surface area contributed by atoms with Gasteiger partial charge in [-0.3, -0.25) is 14.6 Å². The van der Waals surface area contributed by atoms with Crippen LogP contribution >= 0.6 is 0 Å². The van der Waals surface area contributed by atoms with E-state index in [4.69, 9.17) is 9.47 Å². The monoisotopic (exact) mass is 348 g/mol. The summed E-state index contributed by atoms with van der Waals surface area (Å²) >= 11 is 0. The minimum atomic E-state index is -0.720. The number of carbonyl (C=O) groups excluding carboxylic acids is 2. The van der Waals surface area contributed by atoms with Gasteiger partial charge in [-0.2, -0.15) is 0 Å². The highest BCUT2D eigenvalue weighted by molar-refractivity contribution is 5.95. The number of pyridine rings is 1. The van der Waals surface area contributed by atoms with Crippen LogP contribution in [0.2, 0.25) is 0 Å². The lowest BCUT2D eigenvalue weighted by molar-refractivity contribution is -0.149. The van der Waals surface area contributed by atoms with Crippen LogP contribution < -0.4 is 4.90 Å². The van der Waals surface area contributed by atoms with Gasteiger partial charge in [0.1, 0.15) is 12.2 Å². The van der Waals surface area contributed by atoms with Crippen LogP contribution in [0.15, 0.2) is 24.5 Å². The standard InChI is InChI=1S/C17H24N4O4/c1-19(2)9-15(22)20-6-7-24-13-17(11-20)12-21(16(23)10-25-17)14-4-3-5-18-8-14/h3-5,8H,6-7,9-13H2,1-2H3. The fourth-order valence-corrected chi connectivity index (χ4v) is 3.14. The van der Waals surface area contributed by atoms with Crippen LogP contribution in [0.25, 0.3) is 0 Å². The van der Waals surface area contributed by atoms with E-state index < -0.39 is 5.60 Å². The third-order valence-electron chi connectivity index (χ3n) is 4.36. The number of nitrogens with zero attached hydrogens (tertiary/aromatic N) is 4. The second-order valence-electron chi connectivity index (χ2n) is 6.77. The van der Waals surface area contributed by atoms with E-state index in [9.17, 15) is 9.59 Å². The van der Waals surface area contributed by atoms with Crippen molar-refractivity contribution in [3.05, 3.63) is 24.5 Å². The van der Waals surface area contributed by atoms with Crippen molar-refractivity contribution in [1.82, 2.24) is 14.8 Å². The maximum absolute atomic E-state index is 12.5. The molecule has 1 aromatic rings. The van der Waals surface area contributed by atoms with E-state index >= 15 is 0 Å². The number of likely N-dealkylation sites (N-methyl/N-ethyl adjacent to an activating group) is 1. The molecule has 1 unspecified atom stereocenters. The van der Waals surface area contributed by atoms with Crippen LogP contribution in [-0.2, 0) is 19.1 Å². The van der Waals surface area contributed by atoms with Crippen LogP contribution in [-0.4, -0.2) is 92.3 Å². The van der Waals surface area contributed by atoms with E-state index in [0.717, 1.165) is 5.69 Å². The van der Waals surface area contributed by atoms with Gasteiger partial charge in [0.15, 0.2) is 0 Å². The summed E-state index contributed by atoms with van der Waals surface area (Å²) in [4.78, 5) is 34.2. The van der Waals surface area contributed by atoms with Gasteiger partial charge in [-0.05, 0) is 26.2 Å². The summed E-state index contributed by atoms with van der Waals surface area (Å²) in [6.45, 7) is 2.38. The maximum atomic E-state index is 12.5. The molecule has 2 amide bonds. The average molecular weight is 348 g/mol. The summed E-state index contributed by atoms with van der Waals surface area (Å²) in [5.74, 6) is -0.0858. The van der Waals surface area contributed by atoms with Crippen molar-refractivity contribution in [2.24, 2.45) is 0 Å². The Balaban J connectivity index is 1.79. The Morgan fingerprint density at radius 1 is 1.40 bits per heavy atom. The maximum Gasteiger partial charge on any atom is 0.253 e. The minimum absolute atomic E-state index is 0.0308. The van der Waals surface area contributed by atoms with E-state index in [0.29, 0.717) is 39.4 Å². The van der Waals surface area contributed by atoms with Crippen LogP contribution in [0.5, 0.6) is 0 Å². The number of hydrogen-bond donors (Lipinski definition) is 0. The molecule has 3 rings (SSSR count). The van der Waals surface area contributed by atoms with Crippen LogP contribution in [0.3, 0.4) is 0 Å². The first-order chi connectivity index (χ1) is 12.0. The first-order valence-corrected chi connectivity index (χ1v) is 8.34. The van der Waals surface area contributed by atoms with Gasteiger partial charge in [-0.1, -0.05) is 0 Å². The molecule has 0 aromatic carbocycles. The number of hydrogen-bond acceptors (Lipinski definition) is 6. The Morgan fingerprint density at radius 3 is 2.96 bits per heavy atom. The third kappa shape index (κ3) is 4.15. The molecular formula is C17H24N4O4. The number of aromatic nitrogens is 1. The summed E-state index contributed by atoms with van der Waals surface area (Å²) in [6, 6.07) is 3.64.